The minimum atomic E-state index is -0.333. The van der Waals surface area contributed by atoms with Gasteiger partial charge in [-0.1, -0.05) is 54.1 Å². The number of rotatable bonds is 7. The van der Waals surface area contributed by atoms with Crippen LogP contribution in [0.2, 0.25) is 5.02 Å². The van der Waals surface area contributed by atoms with E-state index in [9.17, 15) is 9.59 Å². The van der Waals surface area contributed by atoms with Crippen molar-refractivity contribution in [1.29, 1.82) is 0 Å². The lowest BCUT2D eigenvalue weighted by molar-refractivity contribution is -0.120. The Kier molecular flexibility index (Phi) is 5.62. The minimum Gasteiger partial charge on any atom is -0.352 e. The first-order valence-electron chi connectivity index (χ1n) is 9.53. The first-order valence-corrected chi connectivity index (χ1v) is 9.91. The summed E-state index contributed by atoms with van der Waals surface area (Å²) in [6.07, 6.45) is 3.73. The second kappa shape index (κ2) is 8.49. The zero-order chi connectivity index (χ0) is 20.2. The monoisotopic (exact) mass is 408 g/mol. The zero-order valence-corrected chi connectivity index (χ0v) is 16.5. The number of nitrogens with zero attached hydrogens (tertiary/aromatic N) is 2. The number of halogens is 1. The molecule has 4 rings (SSSR count). The van der Waals surface area contributed by atoms with E-state index in [-0.39, 0.29) is 24.4 Å². The molecule has 2 aromatic carbocycles. The van der Waals surface area contributed by atoms with E-state index in [0.717, 1.165) is 24.0 Å². The third-order valence-electron chi connectivity index (χ3n) is 4.66. The maximum absolute atomic E-state index is 12.8. The molecule has 1 fully saturated rings. The fourth-order valence-electron chi connectivity index (χ4n) is 3.02. The number of nitrogens with one attached hydrogen (secondary N) is 2. The summed E-state index contributed by atoms with van der Waals surface area (Å²) in [5, 5.41) is 10.8. The number of carbonyl (C=O) groups excluding carboxylic acids is 2. The van der Waals surface area contributed by atoms with Gasteiger partial charge in [-0.2, -0.15) is 5.10 Å². The van der Waals surface area contributed by atoms with Gasteiger partial charge in [0.15, 0.2) is 0 Å². The van der Waals surface area contributed by atoms with E-state index in [1.807, 2.05) is 42.5 Å². The van der Waals surface area contributed by atoms with Crippen LogP contribution in [0.25, 0.3) is 11.3 Å². The number of benzene rings is 2. The standard InChI is InChI=1S/C22H21ClN4O2/c23-17-8-6-16(7-9-17)21-19(22(29)24-12-20(28)25-18-10-11-18)14-27(26-21)13-15-4-2-1-3-5-15/h1-9,14,18H,10-13H2,(H,24,29)(H,25,28). The fourth-order valence-corrected chi connectivity index (χ4v) is 3.15. The molecule has 0 radical (unpaired) electrons. The summed E-state index contributed by atoms with van der Waals surface area (Å²) < 4.78 is 1.73. The molecule has 6 nitrogen and oxygen atoms in total. The van der Waals surface area contributed by atoms with Gasteiger partial charge in [0.2, 0.25) is 5.91 Å². The maximum atomic E-state index is 12.8. The van der Waals surface area contributed by atoms with E-state index in [0.29, 0.717) is 22.8 Å². The number of hydrogen-bond donors (Lipinski definition) is 2. The van der Waals surface area contributed by atoms with E-state index in [1.54, 1.807) is 23.0 Å². The fraction of sp³-hybridized carbons (Fsp3) is 0.227. The van der Waals surface area contributed by atoms with Crippen LogP contribution < -0.4 is 10.6 Å². The molecule has 0 bridgehead atoms. The zero-order valence-electron chi connectivity index (χ0n) is 15.8. The summed E-state index contributed by atoms with van der Waals surface area (Å²) in [6.45, 7) is 0.482. The lowest BCUT2D eigenvalue weighted by atomic mass is 10.1. The van der Waals surface area contributed by atoms with Crippen molar-refractivity contribution in [3.63, 3.8) is 0 Å². The van der Waals surface area contributed by atoms with Crippen LogP contribution in [0.15, 0.2) is 60.8 Å². The highest BCUT2D eigenvalue weighted by molar-refractivity contribution is 6.30. The summed E-state index contributed by atoms with van der Waals surface area (Å²) in [5.41, 5.74) is 2.84. The van der Waals surface area contributed by atoms with Crippen LogP contribution in [0.1, 0.15) is 28.8 Å². The number of aromatic nitrogens is 2. The largest absolute Gasteiger partial charge is 0.352 e. The average molecular weight is 409 g/mol. The lowest BCUT2D eigenvalue weighted by Gasteiger charge is -2.06. The summed E-state index contributed by atoms with van der Waals surface area (Å²) in [5.74, 6) is -0.509. The molecule has 0 aliphatic heterocycles. The molecule has 0 atom stereocenters. The predicted octanol–water partition coefficient (Wildman–Crippen LogP) is 3.26. The molecule has 2 N–H and O–H groups in total. The molecule has 0 saturated heterocycles. The molecular weight excluding hydrogens is 388 g/mol. The van der Waals surface area contributed by atoms with Crippen molar-refractivity contribution in [2.24, 2.45) is 0 Å². The molecule has 1 aromatic heterocycles. The van der Waals surface area contributed by atoms with Crippen LogP contribution in [-0.2, 0) is 11.3 Å². The quantitative estimate of drug-likeness (QED) is 0.630. The first kappa shape index (κ1) is 19.2. The van der Waals surface area contributed by atoms with Gasteiger partial charge in [-0.3, -0.25) is 14.3 Å². The topological polar surface area (TPSA) is 76.0 Å². The highest BCUT2D eigenvalue weighted by Crippen LogP contribution is 2.24. The van der Waals surface area contributed by atoms with Gasteiger partial charge >= 0.3 is 0 Å². The third-order valence-corrected chi connectivity index (χ3v) is 4.92. The molecular formula is C22H21ClN4O2. The Morgan fingerprint density at radius 2 is 1.79 bits per heavy atom. The van der Waals surface area contributed by atoms with E-state index < -0.39 is 0 Å². The molecule has 1 aliphatic carbocycles. The van der Waals surface area contributed by atoms with Crippen molar-refractivity contribution in [3.05, 3.63) is 76.9 Å². The van der Waals surface area contributed by atoms with Gasteiger partial charge in [0.05, 0.1) is 18.7 Å². The van der Waals surface area contributed by atoms with Crippen LogP contribution in [0.4, 0.5) is 0 Å². The Morgan fingerprint density at radius 1 is 1.07 bits per heavy atom. The van der Waals surface area contributed by atoms with Crippen molar-refractivity contribution < 1.29 is 9.59 Å². The molecule has 1 heterocycles. The molecule has 1 aliphatic rings. The predicted molar refractivity (Wildman–Crippen MR) is 112 cm³/mol. The second-order valence-corrected chi connectivity index (χ2v) is 7.54. The van der Waals surface area contributed by atoms with Crippen LogP contribution in [-0.4, -0.2) is 34.2 Å². The van der Waals surface area contributed by atoms with Gasteiger partial charge < -0.3 is 10.6 Å². The highest BCUT2D eigenvalue weighted by atomic mass is 35.5. The first-order chi connectivity index (χ1) is 14.1. The molecule has 0 unspecified atom stereocenters. The number of hydrogen-bond acceptors (Lipinski definition) is 3. The lowest BCUT2D eigenvalue weighted by Crippen LogP contribution is -2.37. The van der Waals surface area contributed by atoms with Crippen molar-refractivity contribution >= 4 is 23.4 Å². The molecule has 1 saturated carbocycles. The van der Waals surface area contributed by atoms with Crippen molar-refractivity contribution in [3.8, 4) is 11.3 Å². The SMILES string of the molecule is O=C(CNC(=O)c1cn(Cc2ccccc2)nc1-c1ccc(Cl)cc1)NC1CC1. The summed E-state index contributed by atoms with van der Waals surface area (Å²) in [7, 11) is 0. The molecule has 0 spiro atoms. The van der Waals surface area contributed by atoms with Gasteiger partial charge in [0.25, 0.3) is 5.91 Å². The van der Waals surface area contributed by atoms with Gasteiger partial charge in [-0.15, -0.1) is 0 Å². The summed E-state index contributed by atoms with van der Waals surface area (Å²) in [6, 6.07) is 17.3. The van der Waals surface area contributed by atoms with Crippen LogP contribution in [0.3, 0.4) is 0 Å². The molecule has 3 aromatic rings. The molecule has 7 heteroatoms. The summed E-state index contributed by atoms with van der Waals surface area (Å²) >= 11 is 6.00. The molecule has 148 valence electrons. The van der Waals surface area contributed by atoms with Gasteiger partial charge in [0, 0.05) is 22.8 Å². The second-order valence-electron chi connectivity index (χ2n) is 7.11. The number of amides is 2. The number of carbonyl (C=O) groups is 2. The van der Waals surface area contributed by atoms with Gasteiger partial charge in [0.1, 0.15) is 5.69 Å². The molecule has 29 heavy (non-hydrogen) atoms. The van der Waals surface area contributed by atoms with Crippen molar-refractivity contribution in [2.75, 3.05) is 6.54 Å². The van der Waals surface area contributed by atoms with Crippen molar-refractivity contribution in [2.45, 2.75) is 25.4 Å². The summed E-state index contributed by atoms with van der Waals surface area (Å²) in [4.78, 5) is 24.7. The van der Waals surface area contributed by atoms with Crippen LogP contribution in [0, 0.1) is 0 Å². The average Bonchev–Trinajstić information content (AvgIpc) is 3.44. The van der Waals surface area contributed by atoms with E-state index in [2.05, 4.69) is 15.7 Å². The van der Waals surface area contributed by atoms with Gasteiger partial charge in [-0.05, 0) is 30.5 Å². The van der Waals surface area contributed by atoms with Crippen LogP contribution >= 0.6 is 11.6 Å². The van der Waals surface area contributed by atoms with E-state index in [4.69, 9.17) is 11.6 Å². The maximum Gasteiger partial charge on any atom is 0.255 e. The Morgan fingerprint density at radius 3 is 2.48 bits per heavy atom. The van der Waals surface area contributed by atoms with Crippen LogP contribution in [0.5, 0.6) is 0 Å². The smallest absolute Gasteiger partial charge is 0.255 e. The highest BCUT2D eigenvalue weighted by Gasteiger charge is 2.24. The Hall–Kier alpha value is -3.12. The normalized spacial score (nSPS) is 13.1. The molecule has 2 amide bonds. The third kappa shape index (κ3) is 5.03. The Labute approximate surface area is 173 Å². The van der Waals surface area contributed by atoms with Crippen molar-refractivity contribution in [1.82, 2.24) is 20.4 Å². The van der Waals surface area contributed by atoms with Gasteiger partial charge in [-0.25, -0.2) is 0 Å². The Bertz CT molecular complexity index is 1010. The van der Waals surface area contributed by atoms with E-state index in [1.165, 1.54) is 0 Å². The van der Waals surface area contributed by atoms with E-state index >= 15 is 0 Å². The minimum absolute atomic E-state index is 0.0563. The Balaban J connectivity index is 1.56.